The van der Waals surface area contributed by atoms with Crippen molar-refractivity contribution in [3.05, 3.63) is 58.5 Å². The summed E-state index contributed by atoms with van der Waals surface area (Å²) in [6.45, 7) is 9.51. The zero-order valence-electron chi connectivity index (χ0n) is 44.5. The van der Waals surface area contributed by atoms with Gasteiger partial charge in [-0.3, -0.25) is 0 Å². The minimum atomic E-state index is -0.318. The van der Waals surface area contributed by atoms with E-state index >= 15 is 0 Å². The first-order valence-corrected chi connectivity index (χ1v) is 42.3. The molecule has 2 aromatic heterocycles. The number of thiazole rings is 2. The summed E-state index contributed by atoms with van der Waals surface area (Å²) in [5.74, 6) is 3.35. The van der Waals surface area contributed by atoms with E-state index < -0.39 is 0 Å². The number of rotatable bonds is 47. The van der Waals surface area contributed by atoms with Crippen LogP contribution in [-0.4, -0.2) is 64.7 Å². The van der Waals surface area contributed by atoms with Gasteiger partial charge in [-0.25, -0.2) is 9.97 Å². The van der Waals surface area contributed by atoms with Crippen molar-refractivity contribution in [3.8, 4) is 0 Å². The normalized spacial score (nSPS) is 13.9. The summed E-state index contributed by atoms with van der Waals surface area (Å²) in [6, 6.07) is 17.4. The Morgan fingerprint density at radius 1 is 0.400 bits per heavy atom. The maximum absolute atomic E-state index is 5.68. The molecule has 4 unspecified atom stereocenters. The van der Waals surface area contributed by atoms with Crippen LogP contribution in [0.5, 0.6) is 0 Å². The van der Waals surface area contributed by atoms with Crippen molar-refractivity contribution in [2.75, 3.05) is 25.7 Å². The number of para-hydroxylation sites is 2. The lowest BCUT2D eigenvalue weighted by Crippen LogP contribution is -2.26. The van der Waals surface area contributed by atoms with Crippen molar-refractivity contribution in [1.82, 2.24) is 9.97 Å². The molecule has 2 aromatic carbocycles. The van der Waals surface area contributed by atoms with Crippen LogP contribution in [0.1, 0.15) is 214 Å². The summed E-state index contributed by atoms with van der Waals surface area (Å²) in [5.41, 5.74) is 3.42. The number of benzene rings is 2. The van der Waals surface area contributed by atoms with Crippen LogP contribution < -0.4 is 0 Å². The standard InChI is InChI=1S/C56H94N2O2S8Si2/c1-59-53(69(3)4)43-31-27-23-19-15-11-7-9-13-17-21-25-29-37-47(55-57-49-39-33-35-41-51(49)63-55)45-61-65-67-68-66-62-46-48(56-58-50-40-34-36-42-52(50)64-56)38-30-26-22-18-14-10-8-12-16-20-24-28-32-44-54(60-2)70(5)6/h33-36,39-42,47-48,53-54H,7-32,37-38,43-46H2,1-6H3. The first-order chi connectivity index (χ1) is 34.4. The third-order valence-electron chi connectivity index (χ3n) is 13.9. The Morgan fingerprint density at radius 3 is 0.971 bits per heavy atom. The van der Waals surface area contributed by atoms with Gasteiger partial charge in [0.25, 0.3) is 0 Å². The molecule has 2 heterocycles. The van der Waals surface area contributed by atoms with E-state index in [4.69, 9.17) is 19.4 Å². The highest BCUT2D eigenvalue weighted by molar-refractivity contribution is 9.41. The first kappa shape index (κ1) is 63.2. The molecule has 2 radical (unpaired) electrons. The molecule has 4 rings (SSSR count). The number of unbranched alkanes of at least 4 members (excludes halogenated alkanes) is 24. The fraction of sp³-hybridized carbons (Fsp3) is 0.750. The van der Waals surface area contributed by atoms with Gasteiger partial charge in [-0.1, -0.05) is 239 Å². The molecule has 0 saturated carbocycles. The minimum Gasteiger partial charge on any atom is -0.385 e. The van der Waals surface area contributed by atoms with Crippen LogP contribution >= 0.6 is 83.6 Å². The zero-order valence-corrected chi connectivity index (χ0v) is 53.1. The van der Waals surface area contributed by atoms with Crippen LogP contribution in [0, 0.1) is 0 Å². The van der Waals surface area contributed by atoms with Gasteiger partial charge in [0.1, 0.15) is 0 Å². The SMILES string of the molecule is COC(CCCCCCCCCCCCCCCC(CSSSSSSCC(CCCCCCCCCCCCCCCC(OC)[Si](C)C)c1nc2ccccc2s1)c1nc2ccccc2s1)[Si](C)C. The van der Waals surface area contributed by atoms with Crippen molar-refractivity contribution < 1.29 is 9.47 Å². The Balaban J connectivity index is 1.04. The van der Waals surface area contributed by atoms with E-state index in [0.717, 1.165) is 11.5 Å². The number of fused-ring (bicyclic) bond motifs is 2. The van der Waals surface area contributed by atoms with Gasteiger partial charge < -0.3 is 9.47 Å². The predicted molar refractivity (Wildman–Crippen MR) is 335 cm³/mol. The lowest BCUT2D eigenvalue weighted by atomic mass is 10.0. The molecule has 70 heavy (non-hydrogen) atoms. The van der Waals surface area contributed by atoms with Gasteiger partial charge >= 0.3 is 0 Å². The van der Waals surface area contributed by atoms with Gasteiger partial charge in [0, 0.05) is 49.0 Å². The Labute approximate surface area is 463 Å². The maximum atomic E-state index is 5.68. The van der Waals surface area contributed by atoms with E-state index in [1.807, 2.05) is 97.8 Å². The largest absolute Gasteiger partial charge is 0.385 e. The van der Waals surface area contributed by atoms with Crippen LogP contribution in [0.3, 0.4) is 0 Å². The summed E-state index contributed by atoms with van der Waals surface area (Å²) in [5, 5.41) is 2.69. The predicted octanol–water partition coefficient (Wildman–Crippen LogP) is 22.1. The molecule has 0 aliphatic carbocycles. The van der Waals surface area contributed by atoms with Gasteiger partial charge in [0.15, 0.2) is 0 Å². The van der Waals surface area contributed by atoms with Crippen molar-refractivity contribution in [3.63, 3.8) is 0 Å². The average Bonchev–Trinajstić information content (AvgIpc) is 4.00. The second kappa shape index (κ2) is 41.8. The summed E-state index contributed by atoms with van der Waals surface area (Å²) < 4.78 is 14.0. The average molecular weight is 1140 g/mol. The van der Waals surface area contributed by atoms with Crippen molar-refractivity contribution in [2.45, 2.75) is 242 Å². The Bertz CT molecular complexity index is 1640. The quantitative estimate of drug-likeness (QED) is 0.0243. The lowest BCUT2D eigenvalue weighted by Gasteiger charge is -2.17. The Hall–Kier alpha value is 0.674. The molecule has 0 aliphatic heterocycles. The van der Waals surface area contributed by atoms with Crippen LogP contribution in [0.25, 0.3) is 20.4 Å². The number of ether oxygens (including phenoxy) is 2. The molecule has 4 aromatic rings. The molecule has 4 nitrogen and oxygen atoms in total. The number of hydrogen-bond donors (Lipinski definition) is 0. The second-order valence-electron chi connectivity index (χ2n) is 20.2. The second-order valence-corrected chi connectivity index (χ2v) is 37.6. The van der Waals surface area contributed by atoms with E-state index in [9.17, 15) is 0 Å². The molecule has 0 N–H and O–H groups in total. The summed E-state index contributed by atoms with van der Waals surface area (Å²) >= 11 is 3.85. The number of methoxy groups -OCH3 is 2. The van der Waals surface area contributed by atoms with Crippen LogP contribution in [0.2, 0.25) is 26.2 Å². The summed E-state index contributed by atoms with van der Waals surface area (Å²) in [4.78, 5) is 10.3. The molecule has 4 atom stereocenters. The van der Waals surface area contributed by atoms with E-state index in [1.54, 1.807) is 0 Å². The highest BCUT2D eigenvalue weighted by atomic mass is 33.9. The molecule has 0 aliphatic rings. The number of nitrogens with zero attached hydrogens (tertiary/aromatic N) is 2. The third-order valence-corrected chi connectivity index (χ3v) is 31.0. The smallest absolute Gasteiger partial charge is 0.0978 e. The molecule has 0 saturated heterocycles. The van der Waals surface area contributed by atoms with Gasteiger partial charge in [-0.05, 0) is 89.3 Å². The Kier molecular flexibility index (Phi) is 37.7. The fourth-order valence-corrected chi connectivity index (χ4v) is 26.5. The molecule has 0 bridgehead atoms. The van der Waals surface area contributed by atoms with E-state index in [0.29, 0.717) is 23.3 Å². The van der Waals surface area contributed by atoms with Crippen LogP contribution in [0.4, 0.5) is 0 Å². The maximum Gasteiger partial charge on any atom is 0.0978 e. The molecule has 0 amide bonds. The zero-order chi connectivity index (χ0) is 49.7. The highest BCUT2D eigenvalue weighted by Gasteiger charge is 2.20. The van der Waals surface area contributed by atoms with E-state index in [2.05, 4.69) is 74.7 Å². The topological polar surface area (TPSA) is 44.2 Å². The van der Waals surface area contributed by atoms with E-state index in [1.165, 1.54) is 223 Å². The molecule has 0 fully saturated rings. The van der Waals surface area contributed by atoms with Gasteiger partial charge in [0.2, 0.25) is 0 Å². The van der Waals surface area contributed by atoms with E-state index in [-0.39, 0.29) is 17.6 Å². The Morgan fingerprint density at radius 2 is 0.686 bits per heavy atom. The number of aromatic nitrogens is 2. The third kappa shape index (κ3) is 28.2. The van der Waals surface area contributed by atoms with Crippen LogP contribution in [0.15, 0.2) is 48.5 Å². The number of hydrogen-bond acceptors (Lipinski definition) is 12. The summed E-state index contributed by atoms with van der Waals surface area (Å²) in [7, 11) is 15.0. The first-order valence-electron chi connectivity index (χ1n) is 27.7. The van der Waals surface area contributed by atoms with Gasteiger partial charge in [0.05, 0.1) is 48.0 Å². The monoisotopic (exact) mass is 1140 g/mol. The van der Waals surface area contributed by atoms with Crippen LogP contribution in [-0.2, 0) is 9.47 Å². The minimum absolute atomic E-state index is 0.318. The van der Waals surface area contributed by atoms with Gasteiger partial charge in [-0.2, -0.15) is 0 Å². The summed E-state index contributed by atoms with van der Waals surface area (Å²) in [6.07, 6.45) is 41.3. The molecule has 396 valence electrons. The molecule has 14 heteroatoms. The highest BCUT2D eigenvalue weighted by Crippen LogP contribution is 2.54. The van der Waals surface area contributed by atoms with Crippen molar-refractivity contribution in [1.29, 1.82) is 0 Å². The molecule has 0 spiro atoms. The fourth-order valence-electron chi connectivity index (χ4n) is 9.58. The van der Waals surface area contributed by atoms with Gasteiger partial charge in [-0.15, -0.1) is 22.7 Å². The lowest BCUT2D eigenvalue weighted by molar-refractivity contribution is 0.151. The molecular formula is C56H94N2O2S8Si2. The van der Waals surface area contributed by atoms with Crippen molar-refractivity contribution >= 4 is 122 Å². The molecular weight excluding hydrogens is 1050 g/mol. The van der Waals surface area contributed by atoms with Crippen molar-refractivity contribution in [2.24, 2.45) is 0 Å².